The highest BCUT2D eigenvalue weighted by atomic mass is 15.1. The maximum atomic E-state index is 4.40. The van der Waals surface area contributed by atoms with Gasteiger partial charge in [-0.2, -0.15) is 0 Å². The van der Waals surface area contributed by atoms with E-state index in [-0.39, 0.29) is 6.04 Å². The fraction of sp³-hybridized carbons (Fsp3) is 0.438. The standard InChI is InChI=1S/C16H22N4/c1-13(16-17-8-11-19(16)2)18-14-6-5-7-15(12-14)20-9-3-4-10-20/h5-8,11-13,18H,3-4,9-10H2,1-2H3. The monoisotopic (exact) mass is 270 g/mol. The van der Waals surface area contributed by atoms with Crippen molar-refractivity contribution in [3.63, 3.8) is 0 Å². The van der Waals surface area contributed by atoms with Crippen molar-refractivity contribution in [2.24, 2.45) is 7.05 Å². The Morgan fingerprint density at radius 2 is 2.05 bits per heavy atom. The third-order valence-electron chi connectivity index (χ3n) is 3.95. The first kappa shape index (κ1) is 13.0. The zero-order chi connectivity index (χ0) is 13.9. The van der Waals surface area contributed by atoms with Gasteiger partial charge in [0.1, 0.15) is 5.82 Å². The van der Waals surface area contributed by atoms with E-state index in [4.69, 9.17) is 0 Å². The van der Waals surface area contributed by atoms with Crippen molar-refractivity contribution in [3.05, 3.63) is 42.5 Å². The van der Waals surface area contributed by atoms with Gasteiger partial charge < -0.3 is 14.8 Å². The minimum atomic E-state index is 0.198. The second kappa shape index (κ2) is 5.57. The highest BCUT2D eigenvalue weighted by molar-refractivity contribution is 5.58. The Morgan fingerprint density at radius 3 is 2.75 bits per heavy atom. The molecule has 1 atom stereocenters. The zero-order valence-electron chi connectivity index (χ0n) is 12.2. The van der Waals surface area contributed by atoms with Crippen LogP contribution in [0.2, 0.25) is 0 Å². The van der Waals surface area contributed by atoms with Crippen LogP contribution in [-0.2, 0) is 7.05 Å². The van der Waals surface area contributed by atoms with Gasteiger partial charge in [-0.1, -0.05) is 6.07 Å². The molecule has 2 aromatic rings. The van der Waals surface area contributed by atoms with E-state index >= 15 is 0 Å². The third-order valence-corrected chi connectivity index (χ3v) is 3.95. The number of nitrogens with one attached hydrogen (secondary N) is 1. The summed E-state index contributed by atoms with van der Waals surface area (Å²) >= 11 is 0. The molecule has 106 valence electrons. The van der Waals surface area contributed by atoms with Crippen molar-refractivity contribution < 1.29 is 0 Å². The van der Waals surface area contributed by atoms with E-state index in [1.165, 1.54) is 31.6 Å². The highest BCUT2D eigenvalue weighted by Crippen LogP contribution is 2.25. The number of hydrogen-bond acceptors (Lipinski definition) is 3. The molecule has 3 rings (SSSR count). The highest BCUT2D eigenvalue weighted by Gasteiger charge is 2.14. The first-order chi connectivity index (χ1) is 9.74. The number of imidazole rings is 1. The van der Waals surface area contributed by atoms with Gasteiger partial charge >= 0.3 is 0 Å². The minimum absolute atomic E-state index is 0.198. The fourth-order valence-corrected chi connectivity index (χ4v) is 2.88. The van der Waals surface area contributed by atoms with Crippen molar-refractivity contribution >= 4 is 11.4 Å². The summed E-state index contributed by atoms with van der Waals surface area (Å²) < 4.78 is 2.06. The first-order valence-corrected chi connectivity index (χ1v) is 7.33. The number of rotatable bonds is 4. The molecule has 1 aliphatic rings. The Kier molecular flexibility index (Phi) is 3.63. The smallest absolute Gasteiger partial charge is 0.130 e. The molecule has 1 saturated heterocycles. The summed E-state index contributed by atoms with van der Waals surface area (Å²) in [6.45, 7) is 4.50. The maximum Gasteiger partial charge on any atom is 0.130 e. The van der Waals surface area contributed by atoms with Crippen molar-refractivity contribution in [3.8, 4) is 0 Å². The van der Waals surface area contributed by atoms with E-state index in [1.807, 2.05) is 19.4 Å². The molecule has 1 fully saturated rings. The molecule has 0 radical (unpaired) electrons. The molecule has 0 amide bonds. The van der Waals surface area contributed by atoms with Gasteiger partial charge in [0.05, 0.1) is 6.04 Å². The number of aromatic nitrogens is 2. The minimum Gasteiger partial charge on any atom is -0.375 e. The summed E-state index contributed by atoms with van der Waals surface area (Å²) in [6.07, 6.45) is 6.44. The number of aryl methyl sites for hydroxylation is 1. The van der Waals surface area contributed by atoms with Crippen LogP contribution in [0.5, 0.6) is 0 Å². The second-order valence-corrected chi connectivity index (χ2v) is 5.51. The summed E-state index contributed by atoms with van der Waals surface area (Å²) in [4.78, 5) is 6.86. The van der Waals surface area contributed by atoms with E-state index in [0.717, 1.165) is 11.5 Å². The molecule has 1 unspecified atom stereocenters. The van der Waals surface area contributed by atoms with Crippen LogP contribution in [0.4, 0.5) is 11.4 Å². The average molecular weight is 270 g/mol. The lowest BCUT2D eigenvalue weighted by atomic mass is 10.2. The van der Waals surface area contributed by atoms with E-state index in [9.17, 15) is 0 Å². The van der Waals surface area contributed by atoms with Gasteiger partial charge in [0.2, 0.25) is 0 Å². The summed E-state index contributed by atoms with van der Waals surface area (Å²) in [7, 11) is 2.03. The summed E-state index contributed by atoms with van der Waals surface area (Å²) in [5.41, 5.74) is 2.48. The molecule has 4 heteroatoms. The Labute approximate surface area is 120 Å². The molecule has 1 aliphatic heterocycles. The van der Waals surface area contributed by atoms with E-state index in [1.54, 1.807) is 0 Å². The lowest BCUT2D eigenvalue weighted by Crippen LogP contribution is -2.18. The Bertz CT molecular complexity index is 569. The van der Waals surface area contributed by atoms with Crippen LogP contribution in [0, 0.1) is 0 Å². The van der Waals surface area contributed by atoms with Crippen molar-refractivity contribution in [2.75, 3.05) is 23.3 Å². The largest absolute Gasteiger partial charge is 0.375 e. The first-order valence-electron chi connectivity index (χ1n) is 7.33. The topological polar surface area (TPSA) is 33.1 Å². The summed E-state index contributed by atoms with van der Waals surface area (Å²) in [5, 5.41) is 3.54. The molecular weight excluding hydrogens is 248 g/mol. The Balaban J connectivity index is 1.74. The molecule has 0 bridgehead atoms. The molecule has 2 heterocycles. The predicted octanol–water partition coefficient (Wildman–Crippen LogP) is 3.19. The molecule has 1 aromatic heterocycles. The second-order valence-electron chi connectivity index (χ2n) is 5.51. The van der Waals surface area contributed by atoms with Crippen LogP contribution in [0.25, 0.3) is 0 Å². The molecule has 4 nitrogen and oxygen atoms in total. The SMILES string of the molecule is CC(Nc1cccc(N2CCCC2)c1)c1nccn1C. The van der Waals surface area contributed by atoms with Gasteiger partial charge in [0, 0.05) is 43.9 Å². The van der Waals surface area contributed by atoms with Gasteiger partial charge in [-0.15, -0.1) is 0 Å². The van der Waals surface area contributed by atoms with Gasteiger partial charge in [-0.05, 0) is 38.0 Å². The van der Waals surface area contributed by atoms with E-state index in [0.29, 0.717) is 0 Å². The van der Waals surface area contributed by atoms with E-state index in [2.05, 4.69) is 51.0 Å². The molecule has 20 heavy (non-hydrogen) atoms. The average Bonchev–Trinajstić information content (AvgIpc) is 3.09. The number of anilines is 2. The normalized spacial score (nSPS) is 16.4. The van der Waals surface area contributed by atoms with Crippen molar-refractivity contribution in [1.29, 1.82) is 0 Å². The zero-order valence-corrected chi connectivity index (χ0v) is 12.2. The van der Waals surface area contributed by atoms with Gasteiger partial charge in [-0.25, -0.2) is 4.98 Å². The number of hydrogen-bond donors (Lipinski definition) is 1. The summed E-state index contributed by atoms with van der Waals surface area (Å²) in [5.74, 6) is 1.05. The van der Waals surface area contributed by atoms with Gasteiger partial charge in [-0.3, -0.25) is 0 Å². The molecule has 0 saturated carbocycles. The van der Waals surface area contributed by atoms with Gasteiger partial charge in [0.15, 0.2) is 0 Å². The summed E-state index contributed by atoms with van der Waals surface area (Å²) in [6, 6.07) is 8.89. The van der Waals surface area contributed by atoms with Crippen LogP contribution in [0.15, 0.2) is 36.7 Å². The Morgan fingerprint density at radius 1 is 1.25 bits per heavy atom. The molecule has 0 spiro atoms. The van der Waals surface area contributed by atoms with Crippen LogP contribution in [0.1, 0.15) is 31.6 Å². The fourth-order valence-electron chi connectivity index (χ4n) is 2.88. The van der Waals surface area contributed by atoms with E-state index < -0.39 is 0 Å². The van der Waals surface area contributed by atoms with Gasteiger partial charge in [0.25, 0.3) is 0 Å². The molecule has 1 N–H and O–H groups in total. The maximum absolute atomic E-state index is 4.40. The molecule has 1 aromatic carbocycles. The van der Waals surface area contributed by atoms with Crippen LogP contribution >= 0.6 is 0 Å². The quantitative estimate of drug-likeness (QED) is 0.926. The van der Waals surface area contributed by atoms with Crippen LogP contribution in [0.3, 0.4) is 0 Å². The third kappa shape index (κ3) is 2.64. The molecular formula is C16H22N4. The lowest BCUT2D eigenvalue weighted by Gasteiger charge is -2.20. The predicted molar refractivity (Wildman–Crippen MR) is 83.1 cm³/mol. The number of benzene rings is 1. The molecule has 0 aliphatic carbocycles. The number of nitrogens with zero attached hydrogens (tertiary/aromatic N) is 3. The van der Waals surface area contributed by atoms with Crippen molar-refractivity contribution in [2.45, 2.75) is 25.8 Å². The van der Waals surface area contributed by atoms with Crippen molar-refractivity contribution in [1.82, 2.24) is 9.55 Å². The van der Waals surface area contributed by atoms with Crippen LogP contribution in [-0.4, -0.2) is 22.6 Å². The lowest BCUT2D eigenvalue weighted by molar-refractivity contribution is 0.721. The Hall–Kier alpha value is -1.97. The van der Waals surface area contributed by atoms with Crippen LogP contribution < -0.4 is 10.2 Å².